The highest BCUT2D eigenvalue weighted by molar-refractivity contribution is 7.88. The van der Waals surface area contributed by atoms with E-state index in [2.05, 4.69) is 36.9 Å². The van der Waals surface area contributed by atoms with Gasteiger partial charge in [0, 0.05) is 19.0 Å². The zero-order valence-electron chi connectivity index (χ0n) is 19.1. The summed E-state index contributed by atoms with van der Waals surface area (Å²) in [5.74, 6) is 1.33. The van der Waals surface area contributed by atoms with Crippen LogP contribution < -0.4 is 10.0 Å². The normalized spacial score (nSPS) is 24.9. The summed E-state index contributed by atoms with van der Waals surface area (Å²) >= 11 is 0. The molecule has 0 aromatic heterocycles. The number of rotatable bonds is 9. The van der Waals surface area contributed by atoms with Crippen molar-refractivity contribution in [2.45, 2.75) is 71.1 Å². The van der Waals surface area contributed by atoms with Gasteiger partial charge in [0.15, 0.2) is 0 Å². The molecule has 3 unspecified atom stereocenters. The molecule has 0 spiro atoms. The van der Waals surface area contributed by atoms with Crippen LogP contribution in [0.15, 0.2) is 42.0 Å². The fourth-order valence-electron chi connectivity index (χ4n) is 5.16. The summed E-state index contributed by atoms with van der Waals surface area (Å²) in [5, 5.41) is 3.21. The Morgan fingerprint density at radius 3 is 2.45 bits per heavy atom. The molecule has 0 radical (unpaired) electrons. The Morgan fingerprint density at radius 1 is 1.13 bits per heavy atom. The molecule has 0 saturated heterocycles. The predicted molar refractivity (Wildman–Crippen MR) is 126 cm³/mol. The van der Waals surface area contributed by atoms with E-state index in [-0.39, 0.29) is 23.5 Å². The van der Waals surface area contributed by atoms with Crippen LogP contribution in [0, 0.1) is 23.7 Å². The van der Waals surface area contributed by atoms with Crippen molar-refractivity contribution < 1.29 is 13.2 Å². The Kier molecular flexibility index (Phi) is 8.34. The quantitative estimate of drug-likeness (QED) is 0.552. The third-order valence-electron chi connectivity index (χ3n) is 6.97. The van der Waals surface area contributed by atoms with E-state index in [0.29, 0.717) is 30.8 Å². The van der Waals surface area contributed by atoms with Crippen LogP contribution in [0.5, 0.6) is 0 Å². The fraction of sp³-hybridized carbons (Fsp3) is 0.640. The van der Waals surface area contributed by atoms with Crippen molar-refractivity contribution in [3.8, 4) is 0 Å². The van der Waals surface area contributed by atoms with Gasteiger partial charge in [-0.05, 0) is 55.4 Å². The maximum atomic E-state index is 12.6. The van der Waals surface area contributed by atoms with E-state index < -0.39 is 10.0 Å². The first-order chi connectivity index (χ1) is 14.7. The summed E-state index contributed by atoms with van der Waals surface area (Å²) in [7, 11) is -3.39. The molecule has 1 fully saturated rings. The van der Waals surface area contributed by atoms with Gasteiger partial charge in [-0.2, -0.15) is 0 Å². The van der Waals surface area contributed by atoms with Crippen molar-refractivity contribution in [1.29, 1.82) is 0 Å². The molecule has 2 aliphatic rings. The van der Waals surface area contributed by atoms with Gasteiger partial charge in [0.05, 0.1) is 5.75 Å². The Labute approximate surface area is 188 Å². The van der Waals surface area contributed by atoms with Gasteiger partial charge in [-0.1, -0.05) is 68.7 Å². The van der Waals surface area contributed by atoms with Gasteiger partial charge in [0.25, 0.3) is 0 Å². The topological polar surface area (TPSA) is 75.3 Å². The van der Waals surface area contributed by atoms with E-state index in [1.807, 2.05) is 30.3 Å². The number of hydrogen-bond donors (Lipinski definition) is 2. The first kappa shape index (κ1) is 24.0. The zero-order chi connectivity index (χ0) is 22.4. The van der Waals surface area contributed by atoms with E-state index in [1.165, 1.54) is 18.4 Å². The molecule has 1 saturated carbocycles. The summed E-state index contributed by atoms with van der Waals surface area (Å²) in [5.41, 5.74) is 2.00. The molecule has 5 nitrogen and oxygen atoms in total. The van der Waals surface area contributed by atoms with E-state index in [9.17, 15) is 13.2 Å². The first-order valence-electron chi connectivity index (χ1n) is 11.7. The van der Waals surface area contributed by atoms with E-state index in [0.717, 1.165) is 24.8 Å². The zero-order valence-corrected chi connectivity index (χ0v) is 20.0. The Morgan fingerprint density at radius 2 is 1.81 bits per heavy atom. The lowest BCUT2D eigenvalue weighted by Crippen LogP contribution is -2.39. The smallest absolute Gasteiger partial charge is 0.220 e. The molecule has 2 aliphatic carbocycles. The minimum Gasteiger partial charge on any atom is -0.353 e. The molecule has 31 heavy (non-hydrogen) atoms. The van der Waals surface area contributed by atoms with E-state index in [4.69, 9.17) is 0 Å². The number of carbonyl (C=O) groups is 1. The summed E-state index contributed by atoms with van der Waals surface area (Å²) in [6, 6.07) is 9.63. The molecule has 0 aliphatic heterocycles. The average Bonchev–Trinajstić information content (AvgIpc) is 3.21. The molecular weight excluding hydrogens is 408 g/mol. The highest BCUT2D eigenvalue weighted by Gasteiger charge is 2.33. The molecule has 0 heterocycles. The average molecular weight is 447 g/mol. The van der Waals surface area contributed by atoms with Crippen molar-refractivity contribution in [2.75, 3.05) is 6.54 Å². The molecule has 3 atom stereocenters. The molecule has 1 aromatic carbocycles. The number of sulfonamides is 1. The van der Waals surface area contributed by atoms with Gasteiger partial charge < -0.3 is 5.32 Å². The number of hydrogen-bond acceptors (Lipinski definition) is 3. The van der Waals surface area contributed by atoms with E-state index in [1.54, 1.807) is 0 Å². The van der Waals surface area contributed by atoms with Crippen molar-refractivity contribution in [3.05, 3.63) is 47.5 Å². The van der Waals surface area contributed by atoms with Gasteiger partial charge in [0.1, 0.15) is 0 Å². The monoisotopic (exact) mass is 446 g/mol. The number of allylic oxidation sites excluding steroid dienone is 1. The van der Waals surface area contributed by atoms with Crippen LogP contribution >= 0.6 is 0 Å². The van der Waals surface area contributed by atoms with E-state index >= 15 is 0 Å². The maximum absolute atomic E-state index is 12.6. The highest BCUT2D eigenvalue weighted by atomic mass is 32.2. The van der Waals surface area contributed by atoms with Crippen LogP contribution in [0.3, 0.4) is 0 Å². The van der Waals surface area contributed by atoms with Crippen LogP contribution in [0.25, 0.3) is 0 Å². The number of benzene rings is 1. The number of carbonyl (C=O) groups excluding carboxylic acids is 1. The SMILES string of the molecule is CC1=CC(CNS(=O)(=O)Cc2ccccc2)C(C(C)C)CC1CC(=O)NC1CCCC1. The molecule has 172 valence electrons. The summed E-state index contributed by atoms with van der Waals surface area (Å²) < 4.78 is 28.0. The third-order valence-corrected chi connectivity index (χ3v) is 8.29. The lowest BCUT2D eigenvalue weighted by Gasteiger charge is -2.37. The molecule has 1 amide bonds. The summed E-state index contributed by atoms with van der Waals surface area (Å²) in [6.45, 7) is 6.90. The Bertz CT molecular complexity index is 858. The van der Waals surface area contributed by atoms with Crippen LogP contribution in [-0.2, 0) is 20.6 Å². The van der Waals surface area contributed by atoms with Gasteiger partial charge >= 0.3 is 0 Å². The Balaban J connectivity index is 1.60. The molecule has 1 aromatic rings. The molecular formula is C25H38N2O3S. The standard InChI is InChI=1S/C25H38N2O3S/c1-18(2)24-14-21(15-25(28)27-23-11-7-8-12-23)19(3)13-22(24)16-26-31(29,30)17-20-9-5-4-6-10-20/h4-6,9-10,13,18,21-24,26H,7-8,11-12,14-17H2,1-3H3,(H,27,28). The van der Waals surface area contributed by atoms with Crippen LogP contribution in [0.2, 0.25) is 0 Å². The second kappa shape index (κ2) is 10.8. The summed E-state index contributed by atoms with van der Waals surface area (Å²) in [4.78, 5) is 12.6. The highest BCUT2D eigenvalue weighted by Crippen LogP contribution is 2.39. The van der Waals surface area contributed by atoms with Crippen LogP contribution in [-0.4, -0.2) is 26.9 Å². The van der Waals surface area contributed by atoms with Gasteiger partial charge in [-0.25, -0.2) is 13.1 Å². The van der Waals surface area contributed by atoms with Crippen LogP contribution in [0.1, 0.15) is 64.9 Å². The minimum absolute atomic E-state index is 0.000432. The number of amides is 1. The Hall–Kier alpha value is -1.66. The van der Waals surface area contributed by atoms with Gasteiger partial charge in [-0.15, -0.1) is 0 Å². The molecule has 2 N–H and O–H groups in total. The first-order valence-corrected chi connectivity index (χ1v) is 13.4. The molecule has 6 heteroatoms. The van der Waals surface area contributed by atoms with Gasteiger partial charge in [-0.3, -0.25) is 4.79 Å². The minimum atomic E-state index is -3.39. The largest absolute Gasteiger partial charge is 0.353 e. The second-order valence-electron chi connectivity index (χ2n) is 9.76. The van der Waals surface area contributed by atoms with Crippen molar-refractivity contribution in [2.24, 2.45) is 23.7 Å². The lowest BCUT2D eigenvalue weighted by atomic mass is 9.70. The summed E-state index contributed by atoms with van der Waals surface area (Å²) in [6.07, 6.45) is 8.32. The van der Waals surface area contributed by atoms with Crippen molar-refractivity contribution >= 4 is 15.9 Å². The maximum Gasteiger partial charge on any atom is 0.220 e. The lowest BCUT2D eigenvalue weighted by molar-refractivity contribution is -0.122. The third kappa shape index (κ3) is 7.18. The van der Waals surface area contributed by atoms with Crippen molar-refractivity contribution in [1.82, 2.24) is 10.0 Å². The predicted octanol–water partition coefficient (Wildman–Crippen LogP) is 4.41. The number of nitrogens with one attached hydrogen (secondary N) is 2. The fourth-order valence-corrected chi connectivity index (χ4v) is 6.34. The van der Waals surface area contributed by atoms with Gasteiger partial charge in [0.2, 0.25) is 15.9 Å². The second-order valence-corrected chi connectivity index (χ2v) is 11.6. The van der Waals surface area contributed by atoms with Crippen molar-refractivity contribution in [3.63, 3.8) is 0 Å². The molecule has 0 bridgehead atoms. The molecule has 3 rings (SSSR count). The van der Waals surface area contributed by atoms with Crippen LogP contribution in [0.4, 0.5) is 0 Å².